The van der Waals surface area contributed by atoms with E-state index in [0.717, 1.165) is 24.2 Å². The maximum Gasteiger partial charge on any atom is 0.146 e. The van der Waals surface area contributed by atoms with Crippen LogP contribution in [0.4, 0.5) is 4.39 Å². The predicted octanol–water partition coefficient (Wildman–Crippen LogP) is 3.78. The lowest BCUT2D eigenvalue weighted by Crippen LogP contribution is -2.22. The molecule has 2 atom stereocenters. The topological polar surface area (TPSA) is 37.0 Å². The van der Waals surface area contributed by atoms with Crippen molar-refractivity contribution in [2.45, 2.75) is 65.0 Å². The number of nitrogens with zero attached hydrogens (tertiary/aromatic N) is 1. The first-order chi connectivity index (χ1) is 9.81. The zero-order valence-electron chi connectivity index (χ0n) is 13.6. The fraction of sp³-hybridized carbons (Fsp3) is 0.588. The highest BCUT2D eigenvalue weighted by Crippen LogP contribution is 2.26. The molecular weight excluding hydrogens is 265 g/mol. The number of hydrogen-bond donors (Lipinski definition) is 2. The smallest absolute Gasteiger partial charge is 0.146 e. The fourth-order valence-electron chi connectivity index (χ4n) is 2.52. The van der Waals surface area contributed by atoms with E-state index in [2.05, 4.69) is 43.3 Å². The molecule has 1 aliphatic rings. The molecule has 2 rings (SSSR count). The maximum absolute atomic E-state index is 14.1. The van der Waals surface area contributed by atoms with Crippen LogP contribution in [-0.2, 0) is 5.41 Å². The first kappa shape index (κ1) is 15.8. The van der Waals surface area contributed by atoms with Gasteiger partial charge in [0.05, 0.1) is 12.2 Å². The van der Waals surface area contributed by atoms with E-state index >= 15 is 0 Å². The van der Waals surface area contributed by atoms with E-state index in [-0.39, 0.29) is 17.3 Å². The van der Waals surface area contributed by atoms with Crippen molar-refractivity contribution < 1.29 is 4.39 Å². The number of nitrogens with one attached hydrogen (secondary N) is 2. The number of rotatable bonds is 4. The quantitative estimate of drug-likeness (QED) is 0.886. The minimum atomic E-state index is -0.249. The minimum Gasteiger partial charge on any atom is -0.386 e. The summed E-state index contributed by atoms with van der Waals surface area (Å²) in [5.41, 5.74) is 2.65. The van der Waals surface area contributed by atoms with E-state index in [0.29, 0.717) is 11.6 Å². The highest BCUT2D eigenvalue weighted by molar-refractivity contribution is 5.26. The van der Waals surface area contributed by atoms with Gasteiger partial charge in [0.2, 0.25) is 0 Å². The van der Waals surface area contributed by atoms with Gasteiger partial charge in [0.1, 0.15) is 5.82 Å². The molecule has 0 aromatic carbocycles. The molecule has 21 heavy (non-hydrogen) atoms. The molecule has 1 aromatic rings. The molecule has 2 N–H and O–H groups in total. The largest absolute Gasteiger partial charge is 0.386 e. The van der Waals surface area contributed by atoms with Crippen LogP contribution in [-0.4, -0.2) is 11.0 Å². The third kappa shape index (κ3) is 3.74. The molecule has 116 valence electrons. The Hall–Kier alpha value is -1.58. The lowest BCUT2D eigenvalue weighted by Gasteiger charge is -2.22. The Kier molecular flexibility index (Phi) is 4.55. The Balaban J connectivity index is 2.14. The summed E-state index contributed by atoms with van der Waals surface area (Å²) in [6.45, 7) is 10.4. The molecule has 1 aliphatic heterocycles. The summed E-state index contributed by atoms with van der Waals surface area (Å²) in [7, 11) is 0. The minimum absolute atomic E-state index is 0.0715. The zero-order chi connectivity index (χ0) is 15.6. The van der Waals surface area contributed by atoms with E-state index in [1.54, 1.807) is 0 Å². The van der Waals surface area contributed by atoms with Crippen LogP contribution >= 0.6 is 0 Å². The van der Waals surface area contributed by atoms with Crippen LogP contribution in [0.15, 0.2) is 24.2 Å². The van der Waals surface area contributed by atoms with Gasteiger partial charge in [-0.15, -0.1) is 0 Å². The van der Waals surface area contributed by atoms with Crippen molar-refractivity contribution in [2.75, 3.05) is 0 Å². The molecule has 4 heteroatoms. The second-order valence-corrected chi connectivity index (χ2v) is 6.85. The molecule has 1 aromatic heterocycles. The van der Waals surface area contributed by atoms with Crippen LogP contribution in [0.25, 0.3) is 0 Å². The summed E-state index contributed by atoms with van der Waals surface area (Å²) in [4.78, 5) is 4.22. The molecule has 0 bridgehead atoms. The SMILES string of the molecule is CC[C@H]1CC(NC(C)c2cc(C(C)(C)C)ncc2F)=CN1. The summed E-state index contributed by atoms with van der Waals surface area (Å²) in [6, 6.07) is 2.30. The number of hydrogen-bond acceptors (Lipinski definition) is 3. The van der Waals surface area contributed by atoms with Gasteiger partial charge in [0.15, 0.2) is 0 Å². The lowest BCUT2D eigenvalue weighted by molar-refractivity contribution is 0.524. The number of halogens is 1. The number of aromatic nitrogens is 1. The van der Waals surface area contributed by atoms with E-state index in [4.69, 9.17) is 0 Å². The monoisotopic (exact) mass is 291 g/mol. The van der Waals surface area contributed by atoms with Crippen molar-refractivity contribution in [3.05, 3.63) is 41.2 Å². The average Bonchev–Trinajstić information content (AvgIpc) is 2.85. The summed E-state index contributed by atoms with van der Waals surface area (Å²) in [5.74, 6) is -0.249. The molecule has 2 heterocycles. The van der Waals surface area contributed by atoms with E-state index in [1.165, 1.54) is 6.20 Å². The number of pyridine rings is 1. The molecular formula is C17H26FN3. The molecule has 1 unspecified atom stereocenters. The van der Waals surface area contributed by atoms with Gasteiger partial charge in [0, 0.05) is 41.0 Å². The van der Waals surface area contributed by atoms with Crippen LogP contribution < -0.4 is 10.6 Å². The Morgan fingerprint density at radius 1 is 1.48 bits per heavy atom. The average molecular weight is 291 g/mol. The van der Waals surface area contributed by atoms with Crippen molar-refractivity contribution >= 4 is 0 Å². The van der Waals surface area contributed by atoms with Crippen LogP contribution in [0.5, 0.6) is 0 Å². The molecule has 0 saturated heterocycles. The summed E-state index contributed by atoms with van der Waals surface area (Å²) >= 11 is 0. The third-order valence-electron chi connectivity index (χ3n) is 3.97. The van der Waals surface area contributed by atoms with E-state index in [1.807, 2.05) is 19.2 Å². The first-order valence-electron chi connectivity index (χ1n) is 7.68. The van der Waals surface area contributed by atoms with Crippen molar-refractivity contribution in [2.24, 2.45) is 0 Å². The highest BCUT2D eigenvalue weighted by Gasteiger charge is 2.21. The Bertz CT molecular complexity index is 531. The Labute approximate surface area is 127 Å². The molecule has 0 saturated carbocycles. The van der Waals surface area contributed by atoms with Gasteiger partial charge in [-0.05, 0) is 19.4 Å². The van der Waals surface area contributed by atoms with Gasteiger partial charge >= 0.3 is 0 Å². The molecule has 0 aliphatic carbocycles. The van der Waals surface area contributed by atoms with Gasteiger partial charge in [-0.1, -0.05) is 27.7 Å². The molecule has 0 spiro atoms. The van der Waals surface area contributed by atoms with Crippen LogP contribution in [0.3, 0.4) is 0 Å². The molecule has 0 radical (unpaired) electrons. The third-order valence-corrected chi connectivity index (χ3v) is 3.97. The van der Waals surface area contributed by atoms with Crippen molar-refractivity contribution in [3.8, 4) is 0 Å². The van der Waals surface area contributed by atoms with Crippen LogP contribution in [0.1, 0.15) is 64.8 Å². The van der Waals surface area contributed by atoms with Gasteiger partial charge in [0.25, 0.3) is 0 Å². The predicted molar refractivity (Wildman–Crippen MR) is 84.4 cm³/mol. The fourth-order valence-corrected chi connectivity index (χ4v) is 2.52. The second kappa shape index (κ2) is 6.04. The van der Waals surface area contributed by atoms with E-state index < -0.39 is 0 Å². The molecule has 0 amide bonds. The van der Waals surface area contributed by atoms with Gasteiger partial charge in [-0.2, -0.15) is 0 Å². The van der Waals surface area contributed by atoms with Crippen LogP contribution in [0.2, 0.25) is 0 Å². The second-order valence-electron chi connectivity index (χ2n) is 6.85. The van der Waals surface area contributed by atoms with Crippen molar-refractivity contribution in [3.63, 3.8) is 0 Å². The first-order valence-corrected chi connectivity index (χ1v) is 7.68. The van der Waals surface area contributed by atoms with Gasteiger partial charge in [-0.3, -0.25) is 4.98 Å². The van der Waals surface area contributed by atoms with Crippen molar-refractivity contribution in [1.82, 2.24) is 15.6 Å². The summed E-state index contributed by atoms with van der Waals surface area (Å²) in [5, 5.41) is 6.74. The Morgan fingerprint density at radius 3 is 2.76 bits per heavy atom. The highest BCUT2D eigenvalue weighted by atomic mass is 19.1. The summed E-state index contributed by atoms with van der Waals surface area (Å²) in [6.07, 6.45) is 5.41. The summed E-state index contributed by atoms with van der Waals surface area (Å²) < 4.78 is 14.1. The van der Waals surface area contributed by atoms with Crippen molar-refractivity contribution in [1.29, 1.82) is 0 Å². The van der Waals surface area contributed by atoms with Gasteiger partial charge < -0.3 is 10.6 Å². The molecule has 3 nitrogen and oxygen atoms in total. The van der Waals surface area contributed by atoms with E-state index in [9.17, 15) is 4.39 Å². The normalized spacial score (nSPS) is 19.9. The molecule has 0 fully saturated rings. The lowest BCUT2D eigenvalue weighted by atomic mass is 9.90. The Morgan fingerprint density at radius 2 is 2.19 bits per heavy atom. The zero-order valence-corrected chi connectivity index (χ0v) is 13.6. The maximum atomic E-state index is 14.1. The van der Waals surface area contributed by atoms with Gasteiger partial charge in [-0.25, -0.2) is 4.39 Å². The standard InChI is InChI=1S/C17H26FN3/c1-6-12-7-13(9-19-12)21-11(2)14-8-16(17(3,4)5)20-10-15(14)18/h8-12,19,21H,6-7H2,1-5H3/t11?,12-/m0/s1. The van der Waals surface area contributed by atoms with Crippen LogP contribution in [0, 0.1) is 5.82 Å².